The summed E-state index contributed by atoms with van der Waals surface area (Å²) in [5.74, 6) is 1.05. The van der Waals surface area contributed by atoms with E-state index in [1.54, 1.807) is 0 Å². The second-order valence-electron chi connectivity index (χ2n) is 5.91. The van der Waals surface area contributed by atoms with E-state index in [-0.39, 0.29) is 5.60 Å². The summed E-state index contributed by atoms with van der Waals surface area (Å²) in [6.07, 6.45) is 4.27. The van der Waals surface area contributed by atoms with Gasteiger partial charge in [0.1, 0.15) is 5.75 Å². The van der Waals surface area contributed by atoms with Crippen molar-refractivity contribution in [3.8, 4) is 5.75 Å². The molecular weight excluding hydrogens is 238 g/mol. The Morgan fingerprint density at radius 2 is 2.26 bits per heavy atom. The molecule has 0 aliphatic carbocycles. The van der Waals surface area contributed by atoms with Crippen LogP contribution in [0, 0.1) is 0 Å². The number of hydrogen-bond acceptors (Lipinski definition) is 3. The number of benzene rings is 1. The Kier molecular flexibility index (Phi) is 3.40. The standard InChI is InChI=1S/C16H23NO2/c1-3-16(2)11-14(7-9-19-16)17-13-4-5-15-12(10-13)6-8-18-15/h4-5,10,14,17H,3,6-9,11H2,1-2H3. The minimum Gasteiger partial charge on any atom is -0.493 e. The topological polar surface area (TPSA) is 30.5 Å². The molecule has 1 saturated heterocycles. The lowest BCUT2D eigenvalue weighted by Gasteiger charge is -2.38. The maximum Gasteiger partial charge on any atom is 0.122 e. The van der Waals surface area contributed by atoms with Crippen molar-refractivity contribution >= 4 is 5.69 Å². The predicted molar refractivity (Wildman–Crippen MR) is 76.9 cm³/mol. The molecule has 3 nitrogen and oxygen atoms in total. The number of rotatable bonds is 3. The fourth-order valence-corrected chi connectivity index (χ4v) is 3.01. The molecule has 2 atom stereocenters. The Morgan fingerprint density at radius 1 is 1.37 bits per heavy atom. The molecule has 2 aliphatic rings. The third kappa shape index (κ3) is 2.71. The van der Waals surface area contributed by atoms with Crippen LogP contribution in [0.5, 0.6) is 5.75 Å². The fourth-order valence-electron chi connectivity index (χ4n) is 3.01. The zero-order valence-electron chi connectivity index (χ0n) is 11.9. The maximum atomic E-state index is 5.90. The van der Waals surface area contributed by atoms with Gasteiger partial charge in [0.25, 0.3) is 0 Å². The molecule has 0 amide bonds. The second kappa shape index (κ2) is 5.04. The summed E-state index contributed by atoms with van der Waals surface area (Å²) in [6.45, 7) is 6.10. The Balaban J connectivity index is 1.68. The van der Waals surface area contributed by atoms with Gasteiger partial charge in [-0.05, 0) is 49.9 Å². The Bertz CT molecular complexity index is 460. The lowest BCUT2D eigenvalue weighted by Crippen LogP contribution is -2.41. The van der Waals surface area contributed by atoms with Crippen molar-refractivity contribution in [2.75, 3.05) is 18.5 Å². The first-order valence-electron chi connectivity index (χ1n) is 7.35. The first-order valence-corrected chi connectivity index (χ1v) is 7.35. The Morgan fingerprint density at radius 3 is 3.11 bits per heavy atom. The second-order valence-corrected chi connectivity index (χ2v) is 5.91. The van der Waals surface area contributed by atoms with E-state index in [1.165, 1.54) is 11.3 Å². The van der Waals surface area contributed by atoms with Crippen molar-refractivity contribution in [3.05, 3.63) is 23.8 Å². The average molecular weight is 261 g/mol. The van der Waals surface area contributed by atoms with E-state index in [2.05, 4.69) is 37.4 Å². The average Bonchev–Trinajstić information content (AvgIpc) is 2.86. The van der Waals surface area contributed by atoms with Crippen LogP contribution in [0.4, 0.5) is 5.69 Å². The van der Waals surface area contributed by atoms with Gasteiger partial charge in [0.2, 0.25) is 0 Å². The third-order valence-corrected chi connectivity index (χ3v) is 4.40. The van der Waals surface area contributed by atoms with Crippen molar-refractivity contribution in [1.29, 1.82) is 0 Å². The van der Waals surface area contributed by atoms with E-state index in [9.17, 15) is 0 Å². The van der Waals surface area contributed by atoms with E-state index >= 15 is 0 Å². The van der Waals surface area contributed by atoms with Crippen molar-refractivity contribution in [1.82, 2.24) is 0 Å². The van der Waals surface area contributed by atoms with Gasteiger partial charge in [-0.2, -0.15) is 0 Å². The first kappa shape index (κ1) is 12.8. The summed E-state index contributed by atoms with van der Waals surface area (Å²) in [5, 5.41) is 3.66. The number of fused-ring (bicyclic) bond motifs is 1. The zero-order chi connectivity index (χ0) is 13.3. The van der Waals surface area contributed by atoms with Crippen LogP contribution < -0.4 is 10.1 Å². The van der Waals surface area contributed by atoms with Crippen LogP contribution in [0.2, 0.25) is 0 Å². The highest BCUT2D eigenvalue weighted by Gasteiger charge is 2.31. The van der Waals surface area contributed by atoms with Crippen LogP contribution in [0.15, 0.2) is 18.2 Å². The number of ether oxygens (including phenoxy) is 2. The molecule has 2 heterocycles. The molecule has 1 N–H and O–H groups in total. The van der Waals surface area contributed by atoms with Crippen LogP contribution in [0.25, 0.3) is 0 Å². The summed E-state index contributed by atoms with van der Waals surface area (Å²) in [7, 11) is 0. The molecular formula is C16H23NO2. The van der Waals surface area contributed by atoms with Crippen LogP contribution in [-0.2, 0) is 11.2 Å². The number of nitrogens with one attached hydrogen (secondary N) is 1. The summed E-state index contributed by atoms with van der Waals surface area (Å²) in [6, 6.07) is 6.96. The fraction of sp³-hybridized carbons (Fsp3) is 0.625. The molecule has 1 aromatic rings. The summed E-state index contributed by atoms with van der Waals surface area (Å²) >= 11 is 0. The molecule has 0 spiro atoms. The van der Waals surface area contributed by atoms with Crippen molar-refractivity contribution in [3.63, 3.8) is 0 Å². The third-order valence-electron chi connectivity index (χ3n) is 4.40. The minimum absolute atomic E-state index is 0.0375. The summed E-state index contributed by atoms with van der Waals surface area (Å²) < 4.78 is 11.4. The first-order chi connectivity index (χ1) is 9.18. The Hall–Kier alpha value is -1.22. The maximum absolute atomic E-state index is 5.90. The summed E-state index contributed by atoms with van der Waals surface area (Å²) in [4.78, 5) is 0. The monoisotopic (exact) mass is 261 g/mol. The van der Waals surface area contributed by atoms with E-state index in [0.29, 0.717) is 6.04 Å². The van der Waals surface area contributed by atoms with Gasteiger partial charge < -0.3 is 14.8 Å². The minimum atomic E-state index is 0.0375. The molecule has 2 unspecified atom stereocenters. The van der Waals surface area contributed by atoms with Gasteiger partial charge in [0, 0.05) is 24.8 Å². The quantitative estimate of drug-likeness (QED) is 0.904. The molecule has 3 heteroatoms. The van der Waals surface area contributed by atoms with E-state index < -0.39 is 0 Å². The molecule has 104 valence electrons. The SMILES string of the molecule is CCC1(C)CC(Nc2ccc3c(c2)CCO3)CCO1. The largest absolute Gasteiger partial charge is 0.493 e. The molecule has 0 bridgehead atoms. The highest BCUT2D eigenvalue weighted by atomic mass is 16.5. The van der Waals surface area contributed by atoms with E-state index in [4.69, 9.17) is 9.47 Å². The smallest absolute Gasteiger partial charge is 0.122 e. The number of hydrogen-bond donors (Lipinski definition) is 1. The highest BCUT2D eigenvalue weighted by Crippen LogP contribution is 2.32. The zero-order valence-corrected chi connectivity index (χ0v) is 11.9. The van der Waals surface area contributed by atoms with Gasteiger partial charge in [0.05, 0.1) is 12.2 Å². The Labute approximate surface area is 115 Å². The molecule has 0 radical (unpaired) electrons. The van der Waals surface area contributed by atoms with Crippen LogP contribution in [-0.4, -0.2) is 24.9 Å². The van der Waals surface area contributed by atoms with Crippen molar-refractivity contribution in [2.24, 2.45) is 0 Å². The molecule has 19 heavy (non-hydrogen) atoms. The van der Waals surface area contributed by atoms with E-state index in [1.807, 2.05) is 0 Å². The number of anilines is 1. The van der Waals surface area contributed by atoms with Crippen molar-refractivity contribution < 1.29 is 9.47 Å². The molecule has 1 fully saturated rings. The molecule has 0 saturated carbocycles. The molecule has 3 rings (SSSR count). The lowest BCUT2D eigenvalue weighted by atomic mass is 9.90. The molecule has 2 aliphatic heterocycles. The van der Waals surface area contributed by atoms with Gasteiger partial charge in [0.15, 0.2) is 0 Å². The van der Waals surface area contributed by atoms with Crippen LogP contribution >= 0.6 is 0 Å². The predicted octanol–water partition coefficient (Wildman–Crippen LogP) is 3.38. The lowest BCUT2D eigenvalue weighted by molar-refractivity contribution is -0.0708. The van der Waals surface area contributed by atoms with Gasteiger partial charge in [-0.1, -0.05) is 6.92 Å². The van der Waals surface area contributed by atoms with Gasteiger partial charge in [-0.15, -0.1) is 0 Å². The van der Waals surface area contributed by atoms with Gasteiger partial charge >= 0.3 is 0 Å². The van der Waals surface area contributed by atoms with Gasteiger partial charge in [-0.25, -0.2) is 0 Å². The normalized spacial score (nSPS) is 29.7. The summed E-state index contributed by atoms with van der Waals surface area (Å²) in [5.41, 5.74) is 2.58. The molecule has 1 aromatic carbocycles. The van der Waals surface area contributed by atoms with Gasteiger partial charge in [-0.3, -0.25) is 0 Å². The van der Waals surface area contributed by atoms with Crippen molar-refractivity contribution in [2.45, 2.75) is 51.2 Å². The van der Waals surface area contributed by atoms with Crippen LogP contribution in [0.3, 0.4) is 0 Å². The van der Waals surface area contributed by atoms with E-state index in [0.717, 1.165) is 44.6 Å². The highest BCUT2D eigenvalue weighted by molar-refractivity contribution is 5.53. The molecule has 0 aromatic heterocycles. The van der Waals surface area contributed by atoms with Crippen LogP contribution in [0.1, 0.15) is 38.7 Å².